The molecule has 7 nitrogen and oxygen atoms in total. The van der Waals surface area contributed by atoms with Crippen molar-refractivity contribution in [3.63, 3.8) is 0 Å². The van der Waals surface area contributed by atoms with Crippen LogP contribution in [0.3, 0.4) is 0 Å². The van der Waals surface area contributed by atoms with Crippen LogP contribution < -0.4 is 9.64 Å². The van der Waals surface area contributed by atoms with Crippen molar-refractivity contribution < 1.29 is 17.9 Å². The number of hydrogen-bond donors (Lipinski definition) is 1. The number of benzene rings is 1. The fourth-order valence-corrected chi connectivity index (χ4v) is 5.27. The molecule has 0 aliphatic carbocycles. The summed E-state index contributed by atoms with van der Waals surface area (Å²) in [5, 5.41) is 18.7. The second kappa shape index (κ2) is 9.97. The van der Waals surface area contributed by atoms with E-state index in [0.717, 1.165) is 10.9 Å². The molecule has 1 saturated heterocycles. The van der Waals surface area contributed by atoms with Crippen molar-refractivity contribution in [2.24, 2.45) is 5.92 Å². The molecular weight excluding hydrogens is 540 g/mol. The summed E-state index contributed by atoms with van der Waals surface area (Å²) < 4.78 is 44.1. The van der Waals surface area contributed by atoms with Gasteiger partial charge in [-0.2, -0.15) is 23.5 Å². The fourth-order valence-electron chi connectivity index (χ4n) is 4.62. The Morgan fingerprint density at radius 2 is 1.97 bits per heavy atom. The van der Waals surface area contributed by atoms with E-state index in [0.29, 0.717) is 44.1 Å². The van der Waals surface area contributed by atoms with E-state index in [1.165, 1.54) is 6.20 Å². The summed E-state index contributed by atoms with van der Waals surface area (Å²) in [6, 6.07) is 9.18. The van der Waals surface area contributed by atoms with Crippen molar-refractivity contribution in [2.45, 2.75) is 32.5 Å². The van der Waals surface area contributed by atoms with E-state index in [2.05, 4.69) is 26.2 Å². The molecule has 4 heterocycles. The molecule has 12 heteroatoms. The quantitative estimate of drug-likeness (QED) is 0.272. The highest BCUT2D eigenvalue weighted by Crippen LogP contribution is 2.37. The predicted octanol–water partition coefficient (Wildman–Crippen LogP) is 7.04. The Morgan fingerprint density at radius 1 is 1.21 bits per heavy atom. The number of nitriles is 1. The first-order valence-corrected chi connectivity index (χ1v) is 12.5. The SMILES string of the molecule is Cc1ncc(Cl)c(C(C)Oc2ccc3[nH]nc(-c4cnc(N5CC(CC(F)(F)F)C5)c(C#N)c4)c3c2)c1Cl. The van der Waals surface area contributed by atoms with E-state index in [-0.39, 0.29) is 18.7 Å². The second-order valence-electron chi connectivity index (χ2n) is 9.26. The van der Waals surface area contributed by atoms with E-state index >= 15 is 0 Å². The molecule has 0 amide bonds. The molecule has 0 saturated carbocycles. The lowest BCUT2D eigenvalue weighted by Crippen LogP contribution is -2.49. The number of nitrogens with one attached hydrogen (secondary N) is 1. The zero-order valence-corrected chi connectivity index (χ0v) is 21.8. The number of halogens is 5. The number of alkyl halides is 3. The minimum Gasteiger partial charge on any atom is -0.486 e. The molecule has 3 aromatic heterocycles. The Kier molecular flexibility index (Phi) is 6.84. The lowest BCUT2D eigenvalue weighted by Gasteiger charge is -2.40. The number of anilines is 1. The van der Waals surface area contributed by atoms with Crippen LogP contribution in [-0.2, 0) is 0 Å². The lowest BCUT2D eigenvalue weighted by atomic mass is 9.95. The molecule has 0 spiro atoms. The largest absolute Gasteiger partial charge is 0.486 e. The summed E-state index contributed by atoms with van der Waals surface area (Å²) in [7, 11) is 0. The number of aromatic nitrogens is 4. The number of aryl methyl sites for hydroxylation is 1. The molecule has 0 bridgehead atoms. The van der Waals surface area contributed by atoms with Gasteiger partial charge in [-0.25, -0.2) is 4.98 Å². The highest BCUT2D eigenvalue weighted by Gasteiger charge is 2.39. The summed E-state index contributed by atoms with van der Waals surface area (Å²) in [5.41, 5.74) is 3.44. The van der Waals surface area contributed by atoms with E-state index in [9.17, 15) is 18.4 Å². The van der Waals surface area contributed by atoms with Gasteiger partial charge in [-0.05, 0) is 38.1 Å². The van der Waals surface area contributed by atoms with Gasteiger partial charge in [0.25, 0.3) is 0 Å². The molecule has 1 unspecified atom stereocenters. The topological polar surface area (TPSA) is 90.7 Å². The number of nitrogens with zero attached hydrogens (tertiary/aromatic N) is 5. The average molecular weight is 561 g/mol. The van der Waals surface area contributed by atoms with Crippen molar-refractivity contribution >= 4 is 39.9 Å². The Labute approximate surface area is 226 Å². The first-order chi connectivity index (χ1) is 18.0. The van der Waals surface area contributed by atoms with Gasteiger partial charge in [0.1, 0.15) is 29.4 Å². The van der Waals surface area contributed by atoms with Crippen molar-refractivity contribution in [3.8, 4) is 23.1 Å². The number of ether oxygens (including phenoxy) is 1. The summed E-state index contributed by atoms with van der Waals surface area (Å²) in [6.07, 6.45) is -2.41. The molecule has 38 heavy (non-hydrogen) atoms. The minimum atomic E-state index is -4.21. The Balaban J connectivity index is 1.40. The highest BCUT2D eigenvalue weighted by atomic mass is 35.5. The number of pyridine rings is 2. The van der Waals surface area contributed by atoms with Gasteiger partial charge in [0.05, 0.1) is 26.8 Å². The zero-order valence-electron chi connectivity index (χ0n) is 20.3. The number of aromatic amines is 1. The van der Waals surface area contributed by atoms with Crippen LogP contribution in [0.2, 0.25) is 10.0 Å². The molecule has 1 N–H and O–H groups in total. The third-order valence-electron chi connectivity index (χ3n) is 6.47. The molecule has 4 aromatic rings. The van der Waals surface area contributed by atoms with E-state index < -0.39 is 24.6 Å². The van der Waals surface area contributed by atoms with Crippen molar-refractivity contribution in [1.82, 2.24) is 20.2 Å². The average Bonchev–Trinajstić information content (AvgIpc) is 3.26. The molecular formula is C26H21Cl2F3N6O. The summed E-state index contributed by atoms with van der Waals surface area (Å²) in [4.78, 5) is 10.2. The maximum atomic E-state index is 12.7. The van der Waals surface area contributed by atoms with Gasteiger partial charge < -0.3 is 9.64 Å². The van der Waals surface area contributed by atoms with E-state index in [1.54, 1.807) is 30.2 Å². The van der Waals surface area contributed by atoms with Gasteiger partial charge in [0, 0.05) is 54.3 Å². The fraction of sp³-hybridized carbons (Fsp3) is 0.308. The molecule has 1 aromatic carbocycles. The van der Waals surface area contributed by atoms with Crippen molar-refractivity contribution in [2.75, 3.05) is 18.0 Å². The van der Waals surface area contributed by atoms with Crippen LogP contribution in [0, 0.1) is 24.2 Å². The third kappa shape index (κ3) is 5.08. The van der Waals surface area contributed by atoms with Crippen LogP contribution in [-0.4, -0.2) is 39.4 Å². The van der Waals surface area contributed by atoms with Crippen LogP contribution in [0.4, 0.5) is 19.0 Å². The first kappa shape index (κ1) is 26.1. The number of H-pyrrole nitrogens is 1. The summed E-state index contributed by atoms with van der Waals surface area (Å²) >= 11 is 12.8. The zero-order chi connectivity index (χ0) is 27.2. The maximum Gasteiger partial charge on any atom is 0.389 e. The molecule has 1 aliphatic rings. The molecule has 1 atom stereocenters. The van der Waals surface area contributed by atoms with Gasteiger partial charge in [-0.15, -0.1) is 0 Å². The predicted molar refractivity (Wildman–Crippen MR) is 138 cm³/mol. The first-order valence-electron chi connectivity index (χ1n) is 11.7. The smallest absolute Gasteiger partial charge is 0.389 e. The van der Waals surface area contributed by atoms with Gasteiger partial charge in [0.15, 0.2) is 0 Å². The normalized spacial score (nSPS) is 14.8. The van der Waals surface area contributed by atoms with E-state index in [4.69, 9.17) is 27.9 Å². The third-order valence-corrected chi connectivity index (χ3v) is 7.25. The molecule has 196 valence electrons. The maximum absolute atomic E-state index is 12.7. The summed E-state index contributed by atoms with van der Waals surface area (Å²) in [6.45, 7) is 4.03. The summed E-state index contributed by atoms with van der Waals surface area (Å²) in [5.74, 6) is 0.421. The number of hydrogen-bond acceptors (Lipinski definition) is 6. The van der Waals surface area contributed by atoms with Crippen molar-refractivity contribution in [3.05, 3.63) is 63.5 Å². The van der Waals surface area contributed by atoms with Gasteiger partial charge in [-0.3, -0.25) is 10.1 Å². The molecule has 1 fully saturated rings. The number of rotatable bonds is 6. The van der Waals surface area contributed by atoms with Crippen LogP contribution in [0.25, 0.3) is 22.2 Å². The van der Waals surface area contributed by atoms with Crippen LogP contribution >= 0.6 is 23.2 Å². The van der Waals surface area contributed by atoms with Gasteiger partial charge in [0.2, 0.25) is 0 Å². The monoisotopic (exact) mass is 560 g/mol. The Bertz CT molecular complexity index is 1560. The molecule has 0 radical (unpaired) electrons. The second-order valence-corrected chi connectivity index (χ2v) is 10.0. The van der Waals surface area contributed by atoms with Crippen LogP contribution in [0.1, 0.15) is 36.3 Å². The van der Waals surface area contributed by atoms with Crippen LogP contribution in [0.15, 0.2) is 36.7 Å². The van der Waals surface area contributed by atoms with Gasteiger partial charge >= 0.3 is 6.18 Å². The Hall–Kier alpha value is -3.55. The van der Waals surface area contributed by atoms with Crippen molar-refractivity contribution in [1.29, 1.82) is 5.26 Å². The molecule has 1 aliphatic heterocycles. The van der Waals surface area contributed by atoms with Crippen LogP contribution in [0.5, 0.6) is 5.75 Å². The van der Waals surface area contributed by atoms with Gasteiger partial charge in [-0.1, -0.05) is 23.2 Å². The Morgan fingerprint density at radius 3 is 2.68 bits per heavy atom. The number of fused-ring (bicyclic) bond motifs is 1. The lowest BCUT2D eigenvalue weighted by molar-refractivity contribution is -0.146. The van der Waals surface area contributed by atoms with E-state index in [1.807, 2.05) is 19.1 Å². The molecule has 5 rings (SSSR count). The minimum absolute atomic E-state index is 0.204. The highest BCUT2D eigenvalue weighted by molar-refractivity contribution is 6.36. The standard InChI is InChI=1S/C26H21Cl2F3N6O/c1-13-23(28)22(20(27)10-33-13)14(2)38-18-3-4-21-19(6-18)24(36-35-21)17-5-16(8-32)25(34-9-17)37-11-15(12-37)7-26(29,30)31/h3-6,9-10,14-15H,7,11-12H2,1-2H3,(H,35,36).